The van der Waals surface area contributed by atoms with Crippen LogP contribution in [0, 0.1) is 0 Å². The van der Waals surface area contributed by atoms with E-state index >= 15 is 0 Å². The summed E-state index contributed by atoms with van der Waals surface area (Å²) in [7, 11) is 6.92. The Kier molecular flexibility index (Phi) is 16.8. The molecule has 4 heteroatoms. The Bertz CT molecular complexity index is 259. The van der Waals surface area contributed by atoms with Crippen LogP contribution in [0.5, 0.6) is 0 Å². The number of halogens is 2. The first-order chi connectivity index (χ1) is 9.97. The first-order valence-electron chi connectivity index (χ1n) is 9.63. The third-order valence-electron chi connectivity index (χ3n) is 5.21. The number of hydrogen-bond acceptors (Lipinski definition) is 0. The van der Waals surface area contributed by atoms with Gasteiger partial charge >= 0.3 is 0 Å². The van der Waals surface area contributed by atoms with Crippen molar-refractivity contribution in [3.05, 3.63) is 0 Å². The molecule has 1 heterocycles. The molecular weight excluding hydrogens is 510 g/mol. The molecule has 0 aromatic heterocycles. The molecular formula is C19H42I2N2. The van der Waals surface area contributed by atoms with Gasteiger partial charge in [0.2, 0.25) is 0 Å². The molecule has 1 aliphatic rings. The lowest BCUT2D eigenvalue weighted by Gasteiger charge is -2.42. The lowest BCUT2D eigenvalue weighted by Crippen LogP contribution is -3.00. The SMILES string of the molecule is CCCCC[N+]1(CCCCCC[N+](C)(C)C)CCCCC1.[I-].[I-]. The van der Waals surface area contributed by atoms with E-state index in [9.17, 15) is 0 Å². The standard InChI is InChI=1S/C19H42N2.2HI/c1-5-6-10-16-21(18-13-9-14-19-21)17-12-8-7-11-15-20(2,3)4;;/h5-19H2,1-4H3;2*1H/q+2;;/p-2. The van der Waals surface area contributed by atoms with Gasteiger partial charge in [0.05, 0.1) is 53.9 Å². The molecule has 0 amide bonds. The Morgan fingerprint density at radius 1 is 0.696 bits per heavy atom. The molecule has 0 atom stereocenters. The summed E-state index contributed by atoms with van der Waals surface area (Å²) < 4.78 is 2.59. The van der Waals surface area contributed by atoms with Crippen molar-refractivity contribution in [1.82, 2.24) is 0 Å². The van der Waals surface area contributed by atoms with E-state index in [4.69, 9.17) is 0 Å². The van der Waals surface area contributed by atoms with Gasteiger partial charge in [-0.1, -0.05) is 13.3 Å². The van der Waals surface area contributed by atoms with Gasteiger partial charge < -0.3 is 56.9 Å². The molecule has 142 valence electrons. The highest BCUT2D eigenvalue weighted by Crippen LogP contribution is 2.22. The number of unbranched alkanes of at least 4 members (excludes halogenated alkanes) is 5. The van der Waals surface area contributed by atoms with Gasteiger partial charge in [-0.25, -0.2) is 0 Å². The third-order valence-corrected chi connectivity index (χ3v) is 5.21. The van der Waals surface area contributed by atoms with Crippen LogP contribution in [0.1, 0.15) is 71.1 Å². The van der Waals surface area contributed by atoms with Crippen molar-refractivity contribution in [3.8, 4) is 0 Å². The van der Waals surface area contributed by atoms with Crippen LogP contribution in [0.4, 0.5) is 0 Å². The zero-order valence-corrected chi connectivity index (χ0v) is 20.6. The second-order valence-electron chi connectivity index (χ2n) is 8.43. The highest BCUT2D eigenvalue weighted by molar-refractivity contribution is 4.56. The number of likely N-dealkylation sites (tertiary alicyclic amines) is 1. The summed E-state index contributed by atoms with van der Waals surface area (Å²) in [5, 5.41) is 0. The molecule has 1 rings (SSSR count). The second kappa shape index (κ2) is 14.5. The quantitative estimate of drug-likeness (QED) is 0.166. The fraction of sp³-hybridized carbons (Fsp3) is 1.00. The van der Waals surface area contributed by atoms with Crippen molar-refractivity contribution < 1.29 is 56.9 Å². The van der Waals surface area contributed by atoms with Gasteiger partial charge in [-0.05, 0) is 57.8 Å². The van der Waals surface area contributed by atoms with Crippen molar-refractivity contribution in [2.45, 2.75) is 71.1 Å². The van der Waals surface area contributed by atoms with E-state index < -0.39 is 0 Å². The van der Waals surface area contributed by atoms with Gasteiger partial charge in [0.25, 0.3) is 0 Å². The number of nitrogens with zero attached hydrogens (tertiary/aromatic N) is 2. The predicted octanol–water partition coefficient (Wildman–Crippen LogP) is -1.55. The van der Waals surface area contributed by atoms with Crippen LogP contribution < -0.4 is 48.0 Å². The second-order valence-corrected chi connectivity index (χ2v) is 8.43. The molecule has 0 aromatic rings. The minimum atomic E-state index is 0. The minimum Gasteiger partial charge on any atom is -1.00 e. The maximum atomic E-state index is 2.33. The molecule has 0 N–H and O–H groups in total. The molecule has 1 fully saturated rings. The molecule has 1 saturated heterocycles. The molecule has 0 unspecified atom stereocenters. The smallest absolute Gasteiger partial charge is 0.0786 e. The summed E-state index contributed by atoms with van der Waals surface area (Å²) in [6, 6.07) is 0. The summed E-state index contributed by atoms with van der Waals surface area (Å²) in [5.74, 6) is 0. The highest BCUT2D eigenvalue weighted by Gasteiger charge is 2.28. The van der Waals surface area contributed by atoms with E-state index in [1.54, 1.807) is 0 Å². The molecule has 1 aliphatic heterocycles. The lowest BCUT2D eigenvalue weighted by molar-refractivity contribution is -0.932. The van der Waals surface area contributed by atoms with E-state index in [0.717, 1.165) is 4.48 Å². The fourth-order valence-corrected chi connectivity index (χ4v) is 3.83. The van der Waals surface area contributed by atoms with E-state index in [1.165, 1.54) is 101 Å². The summed E-state index contributed by atoms with van der Waals surface area (Å²) in [6.07, 6.45) is 14.5. The monoisotopic (exact) mass is 552 g/mol. The van der Waals surface area contributed by atoms with Crippen LogP contribution in [0.15, 0.2) is 0 Å². The third kappa shape index (κ3) is 13.3. The lowest BCUT2D eigenvalue weighted by atomic mass is 10.0. The topological polar surface area (TPSA) is 0 Å². The molecule has 23 heavy (non-hydrogen) atoms. The van der Waals surface area contributed by atoms with E-state index in [2.05, 4.69) is 28.1 Å². The van der Waals surface area contributed by atoms with Crippen molar-refractivity contribution in [3.63, 3.8) is 0 Å². The summed E-state index contributed by atoms with van der Waals surface area (Å²) in [5.41, 5.74) is 0. The van der Waals surface area contributed by atoms with Crippen LogP contribution in [0.2, 0.25) is 0 Å². The van der Waals surface area contributed by atoms with Crippen molar-refractivity contribution in [2.24, 2.45) is 0 Å². The van der Waals surface area contributed by atoms with Crippen LogP contribution in [0.25, 0.3) is 0 Å². The number of hydrogen-bond donors (Lipinski definition) is 0. The van der Waals surface area contributed by atoms with Crippen LogP contribution in [-0.2, 0) is 0 Å². The van der Waals surface area contributed by atoms with Crippen LogP contribution >= 0.6 is 0 Å². The largest absolute Gasteiger partial charge is 1.00 e. The van der Waals surface area contributed by atoms with E-state index in [-0.39, 0.29) is 48.0 Å². The molecule has 0 spiro atoms. The predicted molar refractivity (Wildman–Crippen MR) is 94.5 cm³/mol. The molecule has 0 bridgehead atoms. The Balaban J connectivity index is 0. The van der Waals surface area contributed by atoms with Gasteiger partial charge in [0, 0.05) is 0 Å². The average Bonchev–Trinajstić information content (AvgIpc) is 2.43. The van der Waals surface area contributed by atoms with Gasteiger partial charge in [-0.2, -0.15) is 0 Å². The Morgan fingerprint density at radius 2 is 1.22 bits per heavy atom. The maximum absolute atomic E-state index is 2.33. The van der Waals surface area contributed by atoms with Crippen molar-refractivity contribution in [2.75, 3.05) is 53.9 Å². The van der Waals surface area contributed by atoms with E-state index in [1.807, 2.05) is 0 Å². The average molecular weight is 552 g/mol. The van der Waals surface area contributed by atoms with Gasteiger partial charge in [0.1, 0.15) is 0 Å². The van der Waals surface area contributed by atoms with Crippen molar-refractivity contribution in [1.29, 1.82) is 0 Å². The zero-order valence-electron chi connectivity index (χ0n) is 16.3. The van der Waals surface area contributed by atoms with Gasteiger partial charge in [-0.15, -0.1) is 0 Å². The normalized spacial score (nSPS) is 17.2. The van der Waals surface area contributed by atoms with Gasteiger partial charge in [-0.3, -0.25) is 0 Å². The first kappa shape index (κ1) is 26.6. The molecule has 0 saturated carbocycles. The Morgan fingerprint density at radius 3 is 1.74 bits per heavy atom. The van der Waals surface area contributed by atoms with Crippen LogP contribution in [0.3, 0.4) is 0 Å². The zero-order chi connectivity index (χ0) is 15.6. The summed E-state index contributed by atoms with van der Waals surface area (Å²) in [6.45, 7) is 9.54. The number of rotatable bonds is 11. The molecule has 2 nitrogen and oxygen atoms in total. The van der Waals surface area contributed by atoms with Crippen LogP contribution in [-0.4, -0.2) is 62.8 Å². The minimum absolute atomic E-state index is 0. The molecule has 0 aliphatic carbocycles. The molecule has 0 radical (unpaired) electrons. The number of quaternary nitrogens is 2. The maximum Gasteiger partial charge on any atom is 0.0786 e. The Labute approximate surface area is 181 Å². The number of piperidine rings is 1. The van der Waals surface area contributed by atoms with Crippen molar-refractivity contribution >= 4 is 0 Å². The fourth-order valence-electron chi connectivity index (χ4n) is 3.83. The highest BCUT2D eigenvalue weighted by atomic mass is 127. The Hall–Kier alpha value is 1.38. The van der Waals surface area contributed by atoms with Gasteiger partial charge in [0.15, 0.2) is 0 Å². The molecule has 0 aromatic carbocycles. The van der Waals surface area contributed by atoms with E-state index in [0.29, 0.717) is 0 Å². The summed E-state index contributed by atoms with van der Waals surface area (Å²) in [4.78, 5) is 0. The summed E-state index contributed by atoms with van der Waals surface area (Å²) >= 11 is 0. The first-order valence-corrected chi connectivity index (χ1v) is 9.63.